The summed E-state index contributed by atoms with van der Waals surface area (Å²) < 4.78 is 22.2. The van der Waals surface area contributed by atoms with E-state index in [0.717, 1.165) is 43.8 Å². The number of hydrogen-bond donors (Lipinski definition) is 1. The van der Waals surface area contributed by atoms with Crippen LogP contribution in [0.2, 0.25) is 18.1 Å². The number of fused-ring (bicyclic) bond motifs is 1. The fraction of sp³-hybridized carbons (Fsp3) is 0.923. The minimum absolute atomic E-state index is 0.0924. The molecular weight excluding hydrogens is 391 g/mol. The Labute approximate surface area is 187 Å². The average molecular weight is 441 g/mol. The third-order valence-electron chi connectivity index (χ3n) is 9.04. The highest BCUT2D eigenvalue weighted by Gasteiger charge is 2.52. The Morgan fingerprint density at radius 1 is 1.23 bits per heavy atom. The van der Waals surface area contributed by atoms with Crippen molar-refractivity contribution in [3.63, 3.8) is 0 Å². The third kappa shape index (κ3) is 5.59. The second kappa shape index (κ2) is 10.6. The molecule has 0 bridgehead atoms. The van der Waals surface area contributed by atoms with Crippen molar-refractivity contribution in [3.8, 4) is 0 Å². The first-order valence-electron chi connectivity index (χ1n) is 12.7. The fourth-order valence-electron chi connectivity index (χ4n) is 6.91. The Bertz CT molecular complexity index is 563. The molecule has 2 aliphatic carbocycles. The number of halogens is 1. The van der Waals surface area contributed by atoms with Crippen molar-refractivity contribution in [2.45, 2.75) is 123 Å². The van der Waals surface area contributed by atoms with E-state index in [0.29, 0.717) is 18.3 Å². The number of hydrogen-bond acceptors (Lipinski definition) is 2. The molecule has 0 unspecified atom stereocenters. The molecule has 1 N–H and O–H groups in total. The quantitative estimate of drug-likeness (QED) is 0.264. The van der Waals surface area contributed by atoms with Crippen LogP contribution in [0.5, 0.6) is 0 Å². The molecular formula is C26H49FO2Si. The fourth-order valence-corrected chi connectivity index (χ4v) is 10.1. The Balaban J connectivity index is 2.00. The van der Waals surface area contributed by atoms with Gasteiger partial charge in [-0.1, -0.05) is 46.3 Å². The van der Waals surface area contributed by atoms with Crippen LogP contribution < -0.4 is 0 Å². The highest BCUT2D eigenvalue weighted by molar-refractivity contribution is 6.73. The first-order chi connectivity index (χ1) is 14.1. The predicted molar refractivity (Wildman–Crippen MR) is 129 cm³/mol. The van der Waals surface area contributed by atoms with Crippen LogP contribution in [0, 0.1) is 23.2 Å². The lowest BCUT2D eigenvalue weighted by Gasteiger charge is -2.45. The molecule has 0 aliphatic heterocycles. The molecule has 2 saturated carbocycles. The zero-order chi connectivity index (χ0) is 22.6. The Hall–Kier alpha value is -0.193. The van der Waals surface area contributed by atoms with Crippen molar-refractivity contribution in [2.24, 2.45) is 23.2 Å². The third-order valence-corrected chi connectivity index (χ3v) is 13.9. The minimum atomic E-state index is -1.68. The van der Waals surface area contributed by atoms with E-state index in [1.54, 1.807) is 0 Å². The molecule has 2 fully saturated rings. The summed E-state index contributed by atoms with van der Waals surface area (Å²) in [6.07, 6.45) is 8.46. The minimum Gasteiger partial charge on any atom is -0.412 e. The molecule has 0 aromatic heterocycles. The van der Waals surface area contributed by atoms with Gasteiger partial charge in [0.05, 0.1) is 12.2 Å². The highest BCUT2D eigenvalue weighted by Crippen LogP contribution is 2.60. The number of allylic oxidation sites excluding steroid dienone is 1. The van der Waals surface area contributed by atoms with Gasteiger partial charge in [0.1, 0.15) is 6.17 Å². The molecule has 2 nitrogen and oxygen atoms in total. The molecule has 0 aromatic rings. The van der Waals surface area contributed by atoms with Gasteiger partial charge in [-0.2, -0.15) is 0 Å². The lowest BCUT2D eigenvalue weighted by molar-refractivity contribution is 0.0357. The van der Waals surface area contributed by atoms with Crippen LogP contribution in [0.25, 0.3) is 0 Å². The van der Waals surface area contributed by atoms with E-state index >= 15 is 4.39 Å². The van der Waals surface area contributed by atoms with Crippen molar-refractivity contribution in [1.82, 2.24) is 0 Å². The van der Waals surface area contributed by atoms with Crippen LogP contribution in [-0.2, 0) is 4.43 Å². The molecule has 2 aliphatic rings. The maximum absolute atomic E-state index is 15.5. The van der Waals surface area contributed by atoms with E-state index in [4.69, 9.17) is 4.43 Å². The maximum Gasteiger partial charge on any atom is 0.192 e. The number of aliphatic hydroxyl groups excluding tert-OH is 1. The standard InChI is InChI=1S/C26H49FO2Si/c1-8-30(9-2,10-3)29-25(5,6)18-15-24(27)20(4)22-13-14-23-21(16-19-28)12-11-17-26(22,23)7/h16,20,22-24,28H,8-15,17-19H2,1-7H3/b21-16+/t20-,22+,23-,24+,26+/m0/s1. The van der Waals surface area contributed by atoms with Crippen molar-refractivity contribution < 1.29 is 13.9 Å². The summed E-state index contributed by atoms with van der Waals surface area (Å²) in [5, 5.41) is 9.42. The zero-order valence-electron chi connectivity index (χ0n) is 20.9. The van der Waals surface area contributed by atoms with Gasteiger partial charge in [-0.25, -0.2) is 4.39 Å². The molecule has 0 saturated heterocycles. The number of rotatable bonds is 11. The van der Waals surface area contributed by atoms with Gasteiger partial charge >= 0.3 is 0 Å². The van der Waals surface area contributed by atoms with Crippen LogP contribution in [0.3, 0.4) is 0 Å². The Kier molecular flexibility index (Phi) is 9.22. The molecule has 30 heavy (non-hydrogen) atoms. The van der Waals surface area contributed by atoms with Gasteiger partial charge < -0.3 is 9.53 Å². The summed E-state index contributed by atoms with van der Waals surface area (Å²) >= 11 is 0. The van der Waals surface area contributed by atoms with Gasteiger partial charge in [-0.3, -0.25) is 0 Å². The second-order valence-electron chi connectivity index (χ2n) is 11.1. The van der Waals surface area contributed by atoms with E-state index < -0.39 is 14.5 Å². The van der Waals surface area contributed by atoms with E-state index in [2.05, 4.69) is 48.5 Å². The molecule has 0 heterocycles. The molecule has 0 spiro atoms. The topological polar surface area (TPSA) is 29.5 Å². The Morgan fingerprint density at radius 2 is 1.87 bits per heavy atom. The largest absolute Gasteiger partial charge is 0.412 e. The van der Waals surface area contributed by atoms with Gasteiger partial charge in [-0.15, -0.1) is 0 Å². The van der Waals surface area contributed by atoms with E-state index in [1.807, 2.05) is 6.08 Å². The van der Waals surface area contributed by atoms with Crippen LogP contribution in [0.1, 0.15) is 93.4 Å². The number of alkyl halides is 1. The molecule has 5 atom stereocenters. The zero-order valence-corrected chi connectivity index (χ0v) is 21.9. The summed E-state index contributed by atoms with van der Waals surface area (Å²) in [5.74, 6) is 1.08. The van der Waals surface area contributed by atoms with Gasteiger partial charge in [0.25, 0.3) is 0 Å². The first kappa shape index (κ1) is 26.1. The molecule has 4 heteroatoms. The number of aliphatic hydroxyl groups is 1. The van der Waals surface area contributed by atoms with Gasteiger partial charge in [0.2, 0.25) is 0 Å². The van der Waals surface area contributed by atoms with Crippen molar-refractivity contribution in [2.75, 3.05) is 6.61 Å². The van der Waals surface area contributed by atoms with E-state index in [-0.39, 0.29) is 23.5 Å². The van der Waals surface area contributed by atoms with Gasteiger partial charge in [0, 0.05) is 0 Å². The maximum atomic E-state index is 15.5. The van der Waals surface area contributed by atoms with Crippen LogP contribution in [0.15, 0.2) is 11.6 Å². The molecule has 0 radical (unpaired) electrons. The first-order valence-corrected chi connectivity index (χ1v) is 15.2. The second-order valence-corrected chi connectivity index (χ2v) is 15.8. The molecule has 0 aromatic carbocycles. The van der Waals surface area contributed by atoms with E-state index in [9.17, 15) is 5.11 Å². The monoisotopic (exact) mass is 440 g/mol. The summed E-state index contributed by atoms with van der Waals surface area (Å²) in [4.78, 5) is 0. The Morgan fingerprint density at radius 3 is 2.43 bits per heavy atom. The van der Waals surface area contributed by atoms with Crippen LogP contribution in [-0.4, -0.2) is 31.8 Å². The summed E-state index contributed by atoms with van der Waals surface area (Å²) in [6, 6.07) is 3.43. The van der Waals surface area contributed by atoms with Crippen molar-refractivity contribution in [3.05, 3.63) is 11.6 Å². The summed E-state index contributed by atoms with van der Waals surface area (Å²) in [7, 11) is -1.68. The molecule has 0 amide bonds. The van der Waals surface area contributed by atoms with Crippen LogP contribution in [0.4, 0.5) is 4.39 Å². The SMILES string of the molecule is CC[Si](CC)(CC)OC(C)(C)CC[C@@H](F)[C@@H](C)[C@H]1CC[C@H]2/C(=C/CO)CCC[C@]12C. The smallest absolute Gasteiger partial charge is 0.192 e. The average Bonchev–Trinajstić information content (AvgIpc) is 3.08. The summed E-state index contributed by atoms with van der Waals surface area (Å²) in [6.45, 7) is 15.8. The predicted octanol–water partition coefficient (Wildman–Crippen LogP) is 7.68. The van der Waals surface area contributed by atoms with E-state index in [1.165, 1.54) is 18.4 Å². The lowest BCUT2D eigenvalue weighted by atomic mass is 9.60. The molecule has 2 rings (SSSR count). The normalized spacial score (nSPS) is 31.0. The van der Waals surface area contributed by atoms with Gasteiger partial charge in [0.15, 0.2) is 8.32 Å². The van der Waals surface area contributed by atoms with Crippen LogP contribution >= 0.6 is 0 Å². The van der Waals surface area contributed by atoms with Crippen molar-refractivity contribution in [1.29, 1.82) is 0 Å². The highest BCUT2D eigenvalue weighted by atomic mass is 28.4. The van der Waals surface area contributed by atoms with Crippen molar-refractivity contribution >= 4 is 8.32 Å². The molecule has 176 valence electrons. The van der Waals surface area contributed by atoms with Gasteiger partial charge in [-0.05, 0) is 100 Å². The summed E-state index contributed by atoms with van der Waals surface area (Å²) in [5.41, 5.74) is 1.40. The lowest BCUT2D eigenvalue weighted by Crippen LogP contribution is -2.45.